The lowest BCUT2D eigenvalue weighted by Gasteiger charge is -2.06. The Bertz CT molecular complexity index is 300. The van der Waals surface area contributed by atoms with Crippen molar-refractivity contribution in [2.24, 2.45) is 0 Å². The molecule has 0 amide bonds. The van der Waals surface area contributed by atoms with E-state index in [1.165, 1.54) is 24.8 Å². The van der Waals surface area contributed by atoms with Gasteiger partial charge in [-0.25, -0.2) is 0 Å². The highest BCUT2D eigenvalue weighted by Gasteiger charge is 1.94. The van der Waals surface area contributed by atoms with E-state index in [-0.39, 0.29) is 0 Å². The lowest BCUT2D eigenvalue weighted by Crippen LogP contribution is -2.14. The molecule has 0 radical (unpaired) electrons. The highest BCUT2D eigenvalue weighted by molar-refractivity contribution is 5.14. The normalized spacial score (nSPS) is 11.8. The number of allylic oxidation sites excluding steroid dienone is 2. The van der Waals surface area contributed by atoms with Crippen LogP contribution in [0.1, 0.15) is 38.7 Å². The van der Waals surface area contributed by atoms with Crippen molar-refractivity contribution in [1.29, 1.82) is 0 Å². The number of hydrogen-bond acceptors (Lipinski definition) is 1. The molecule has 0 spiro atoms. The maximum atomic E-state index is 3.48. The molecular weight excluding hydrogens is 194 g/mol. The smallest absolute Gasteiger partial charge is 0.0205 e. The summed E-state index contributed by atoms with van der Waals surface area (Å²) in [5.74, 6) is 0. The minimum absolute atomic E-state index is 0.984. The standard InChI is InChI=1S/C15H23N/c1-3-14(4-2)11-8-12-16-13-15-9-6-5-7-10-15/h3,5-7,9-10,16H,4,8,11-13H2,1-2H3/b14-3+. The van der Waals surface area contributed by atoms with Gasteiger partial charge in [0.15, 0.2) is 0 Å². The number of benzene rings is 1. The predicted octanol–water partition coefficient (Wildman–Crippen LogP) is 3.91. The van der Waals surface area contributed by atoms with Crippen LogP contribution in [-0.2, 0) is 6.54 Å². The molecular formula is C15H23N. The Morgan fingerprint density at radius 3 is 2.62 bits per heavy atom. The zero-order valence-electron chi connectivity index (χ0n) is 10.5. The minimum atomic E-state index is 0.984. The van der Waals surface area contributed by atoms with Gasteiger partial charge in [0.05, 0.1) is 0 Å². The summed E-state index contributed by atoms with van der Waals surface area (Å²) >= 11 is 0. The summed E-state index contributed by atoms with van der Waals surface area (Å²) in [4.78, 5) is 0. The molecule has 1 heteroatoms. The highest BCUT2D eigenvalue weighted by Crippen LogP contribution is 2.08. The van der Waals surface area contributed by atoms with Gasteiger partial charge >= 0.3 is 0 Å². The van der Waals surface area contributed by atoms with Crippen molar-refractivity contribution in [3.8, 4) is 0 Å². The van der Waals surface area contributed by atoms with E-state index in [2.05, 4.69) is 55.6 Å². The Morgan fingerprint density at radius 1 is 1.25 bits per heavy atom. The topological polar surface area (TPSA) is 12.0 Å². The third-order valence-electron chi connectivity index (χ3n) is 2.89. The van der Waals surface area contributed by atoms with E-state index in [1.54, 1.807) is 5.57 Å². The third-order valence-corrected chi connectivity index (χ3v) is 2.89. The fourth-order valence-electron chi connectivity index (χ4n) is 1.79. The fraction of sp³-hybridized carbons (Fsp3) is 0.467. The second-order valence-electron chi connectivity index (χ2n) is 4.07. The molecule has 0 heterocycles. The SMILES string of the molecule is C/C=C(\CC)CCCNCc1ccccc1. The average Bonchev–Trinajstić information content (AvgIpc) is 2.35. The summed E-state index contributed by atoms with van der Waals surface area (Å²) < 4.78 is 0. The van der Waals surface area contributed by atoms with Crippen LogP contribution in [0.3, 0.4) is 0 Å². The van der Waals surface area contributed by atoms with Gasteiger partial charge in [0, 0.05) is 6.54 Å². The molecule has 0 unspecified atom stereocenters. The molecule has 1 rings (SSSR count). The molecule has 1 nitrogen and oxygen atoms in total. The minimum Gasteiger partial charge on any atom is -0.313 e. The van der Waals surface area contributed by atoms with Crippen LogP contribution < -0.4 is 5.32 Å². The van der Waals surface area contributed by atoms with Gasteiger partial charge in [-0.15, -0.1) is 0 Å². The maximum Gasteiger partial charge on any atom is 0.0205 e. The molecule has 0 saturated carbocycles. The second kappa shape index (κ2) is 8.12. The number of nitrogens with one attached hydrogen (secondary N) is 1. The summed E-state index contributed by atoms with van der Waals surface area (Å²) in [7, 11) is 0. The van der Waals surface area contributed by atoms with Crippen LogP contribution in [0.2, 0.25) is 0 Å². The van der Waals surface area contributed by atoms with E-state index in [0.717, 1.165) is 13.1 Å². The van der Waals surface area contributed by atoms with Gasteiger partial charge in [0.25, 0.3) is 0 Å². The predicted molar refractivity (Wildman–Crippen MR) is 71.4 cm³/mol. The molecule has 0 aliphatic carbocycles. The summed E-state index contributed by atoms with van der Waals surface area (Å²) in [5.41, 5.74) is 2.94. The van der Waals surface area contributed by atoms with Crippen LogP contribution in [0.4, 0.5) is 0 Å². The van der Waals surface area contributed by atoms with Crippen molar-refractivity contribution in [1.82, 2.24) is 5.32 Å². The average molecular weight is 217 g/mol. The van der Waals surface area contributed by atoms with E-state index in [9.17, 15) is 0 Å². The molecule has 88 valence electrons. The van der Waals surface area contributed by atoms with Crippen LogP contribution >= 0.6 is 0 Å². The highest BCUT2D eigenvalue weighted by atomic mass is 14.8. The van der Waals surface area contributed by atoms with Gasteiger partial charge in [-0.2, -0.15) is 0 Å². The fourth-order valence-corrected chi connectivity index (χ4v) is 1.79. The Balaban J connectivity index is 2.09. The Hall–Kier alpha value is -1.08. The molecule has 1 aromatic rings. The first-order valence-corrected chi connectivity index (χ1v) is 6.25. The van der Waals surface area contributed by atoms with Crippen LogP contribution in [0, 0.1) is 0 Å². The molecule has 0 aromatic heterocycles. The molecule has 0 aliphatic rings. The zero-order chi connectivity index (χ0) is 11.6. The van der Waals surface area contributed by atoms with E-state index in [0.29, 0.717) is 0 Å². The van der Waals surface area contributed by atoms with Gasteiger partial charge < -0.3 is 5.32 Å². The largest absolute Gasteiger partial charge is 0.313 e. The summed E-state index contributed by atoms with van der Waals surface area (Å²) in [6.45, 7) is 6.45. The van der Waals surface area contributed by atoms with E-state index >= 15 is 0 Å². The van der Waals surface area contributed by atoms with Crippen molar-refractivity contribution < 1.29 is 0 Å². The molecule has 0 bridgehead atoms. The lowest BCUT2D eigenvalue weighted by molar-refractivity contribution is 0.642. The van der Waals surface area contributed by atoms with Gasteiger partial charge in [-0.3, -0.25) is 0 Å². The molecule has 16 heavy (non-hydrogen) atoms. The van der Waals surface area contributed by atoms with Crippen molar-refractivity contribution in [3.63, 3.8) is 0 Å². The molecule has 1 aromatic carbocycles. The van der Waals surface area contributed by atoms with Crippen LogP contribution in [0.25, 0.3) is 0 Å². The number of rotatable bonds is 7. The van der Waals surface area contributed by atoms with Gasteiger partial charge in [0.1, 0.15) is 0 Å². The first-order chi connectivity index (χ1) is 7.86. The summed E-state index contributed by atoms with van der Waals surface area (Å²) in [6, 6.07) is 10.6. The summed E-state index contributed by atoms with van der Waals surface area (Å²) in [6.07, 6.45) is 5.90. The van der Waals surface area contributed by atoms with Crippen molar-refractivity contribution in [2.45, 2.75) is 39.7 Å². The molecule has 0 atom stereocenters. The van der Waals surface area contributed by atoms with Crippen molar-refractivity contribution in [3.05, 3.63) is 47.5 Å². The third kappa shape index (κ3) is 5.13. The van der Waals surface area contributed by atoms with Gasteiger partial charge in [-0.1, -0.05) is 48.9 Å². The molecule has 0 aliphatic heterocycles. The molecule has 0 fully saturated rings. The Kier molecular flexibility index (Phi) is 6.59. The van der Waals surface area contributed by atoms with Crippen molar-refractivity contribution in [2.75, 3.05) is 6.54 Å². The number of hydrogen-bond donors (Lipinski definition) is 1. The second-order valence-corrected chi connectivity index (χ2v) is 4.07. The monoisotopic (exact) mass is 217 g/mol. The first-order valence-electron chi connectivity index (χ1n) is 6.25. The van der Waals surface area contributed by atoms with Gasteiger partial charge in [0.2, 0.25) is 0 Å². The van der Waals surface area contributed by atoms with E-state index in [1.807, 2.05) is 0 Å². The molecule has 1 N–H and O–H groups in total. The van der Waals surface area contributed by atoms with E-state index in [4.69, 9.17) is 0 Å². The van der Waals surface area contributed by atoms with Crippen LogP contribution in [0.5, 0.6) is 0 Å². The van der Waals surface area contributed by atoms with Crippen molar-refractivity contribution >= 4 is 0 Å². The van der Waals surface area contributed by atoms with Gasteiger partial charge in [-0.05, 0) is 38.3 Å². The quantitative estimate of drug-likeness (QED) is 0.539. The van der Waals surface area contributed by atoms with Crippen LogP contribution in [0.15, 0.2) is 42.0 Å². The lowest BCUT2D eigenvalue weighted by atomic mass is 10.1. The Labute approximate surface area is 99.6 Å². The van der Waals surface area contributed by atoms with E-state index < -0.39 is 0 Å². The zero-order valence-corrected chi connectivity index (χ0v) is 10.5. The molecule has 0 saturated heterocycles. The maximum absolute atomic E-state index is 3.48. The summed E-state index contributed by atoms with van der Waals surface area (Å²) in [5, 5.41) is 3.48. The first kappa shape index (κ1) is 13.0. The Morgan fingerprint density at radius 2 is 2.00 bits per heavy atom. The van der Waals surface area contributed by atoms with Crippen LogP contribution in [-0.4, -0.2) is 6.54 Å².